The summed E-state index contributed by atoms with van der Waals surface area (Å²) in [6.07, 6.45) is 3.76. The summed E-state index contributed by atoms with van der Waals surface area (Å²) < 4.78 is 5.74. The molecule has 1 aromatic carbocycles. The lowest BCUT2D eigenvalue weighted by molar-refractivity contribution is 0.254. The summed E-state index contributed by atoms with van der Waals surface area (Å²) in [4.78, 5) is 0. The van der Waals surface area contributed by atoms with Gasteiger partial charge in [-0.3, -0.25) is 0 Å². The van der Waals surface area contributed by atoms with Crippen LogP contribution in [-0.2, 0) is 12.8 Å². The minimum atomic E-state index is 0.344. The fourth-order valence-electron chi connectivity index (χ4n) is 2.68. The topological polar surface area (TPSA) is 21.3 Å². The van der Waals surface area contributed by atoms with Gasteiger partial charge in [0.05, 0.1) is 0 Å². The molecule has 2 heteroatoms. The molecule has 0 radical (unpaired) electrons. The van der Waals surface area contributed by atoms with Crippen LogP contribution in [0.1, 0.15) is 38.3 Å². The highest BCUT2D eigenvalue weighted by Crippen LogP contribution is 2.30. The quantitative estimate of drug-likeness (QED) is 0.863. The van der Waals surface area contributed by atoms with Gasteiger partial charge in [0.25, 0.3) is 0 Å². The molecule has 1 N–H and O–H groups in total. The van der Waals surface area contributed by atoms with Crippen LogP contribution in [0.15, 0.2) is 18.2 Å². The van der Waals surface area contributed by atoms with E-state index in [0.29, 0.717) is 11.5 Å². The lowest BCUT2D eigenvalue weighted by atomic mass is 9.86. The molecule has 0 saturated heterocycles. The molecular weight excluding hydrogens is 222 g/mol. The lowest BCUT2D eigenvalue weighted by Crippen LogP contribution is -2.27. The van der Waals surface area contributed by atoms with Gasteiger partial charge in [0.1, 0.15) is 11.9 Å². The number of benzene rings is 1. The fourth-order valence-corrected chi connectivity index (χ4v) is 2.68. The Kier molecular flexibility index (Phi) is 3.96. The van der Waals surface area contributed by atoms with Crippen LogP contribution in [0.4, 0.5) is 0 Å². The molecular formula is C16H25NO. The van der Waals surface area contributed by atoms with Crippen LogP contribution >= 0.6 is 0 Å². The van der Waals surface area contributed by atoms with Gasteiger partial charge in [0, 0.05) is 6.42 Å². The third-order valence-electron chi connectivity index (χ3n) is 3.71. The molecule has 18 heavy (non-hydrogen) atoms. The predicted molar refractivity (Wildman–Crippen MR) is 76.3 cm³/mol. The van der Waals surface area contributed by atoms with Crippen LogP contribution in [-0.4, -0.2) is 19.7 Å². The number of nitrogens with one attached hydrogen (secondary N) is 1. The Bertz CT molecular complexity index is 412. The Labute approximate surface area is 111 Å². The van der Waals surface area contributed by atoms with Crippen LogP contribution in [0, 0.1) is 5.41 Å². The van der Waals surface area contributed by atoms with E-state index in [9.17, 15) is 0 Å². The van der Waals surface area contributed by atoms with E-state index in [1.807, 2.05) is 7.05 Å². The van der Waals surface area contributed by atoms with Gasteiger partial charge in [0.2, 0.25) is 0 Å². The number of hydrogen-bond acceptors (Lipinski definition) is 2. The summed E-state index contributed by atoms with van der Waals surface area (Å²) in [6.45, 7) is 7.85. The van der Waals surface area contributed by atoms with Gasteiger partial charge in [-0.15, -0.1) is 0 Å². The van der Waals surface area contributed by atoms with Crippen molar-refractivity contribution in [2.24, 2.45) is 5.41 Å². The summed E-state index contributed by atoms with van der Waals surface area (Å²) in [5.41, 5.74) is 3.18. The molecule has 1 unspecified atom stereocenters. The first kappa shape index (κ1) is 13.4. The predicted octanol–water partition coefficient (Wildman–Crippen LogP) is 3.19. The molecule has 1 atom stereocenters. The molecule has 2 rings (SSSR count). The number of rotatable bonds is 5. The van der Waals surface area contributed by atoms with E-state index in [0.717, 1.165) is 25.1 Å². The Morgan fingerprint density at radius 2 is 2.17 bits per heavy atom. The van der Waals surface area contributed by atoms with E-state index >= 15 is 0 Å². The molecule has 1 aliphatic rings. The van der Waals surface area contributed by atoms with Crippen molar-refractivity contribution in [2.75, 3.05) is 13.6 Å². The van der Waals surface area contributed by atoms with Gasteiger partial charge < -0.3 is 10.1 Å². The van der Waals surface area contributed by atoms with Crippen molar-refractivity contribution in [1.82, 2.24) is 5.32 Å². The first-order chi connectivity index (χ1) is 8.50. The highest BCUT2D eigenvalue weighted by molar-refractivity contribution is 5.40. The molecule has 0 spiro atoms. The van der Waals surface area contributed by atoms with Gasteiger partial charge in [-0.05, 0) is 56.0 Å². The van der Waals surface area contributed by atoms with Crippen molar-refractivity contribution >= 4 is 0 Å². The molecule has 0 bridgehead atoms. The monoisotopic (exact) mass is 247 g/mol. The van der Waals surface area contributed by atoms with Crippen molar-refractivity contribution in [1.29, 1.82) is 0 Å². The lowest BCUT2D eigenvalue weighted by Gasteiger charge is -2.24. The van der Waals surface area contributed by atoms with Crippen molar-refractivity contribution in [3.63, 3.8) is 0 Å². The fraction of sp³-hybridized carbons (Fsp3) is 0.625. The van der Waals surface area contributed by atoms with Crippen LogP contribution in [0.2, 0.25) is 0 Å². The van der Waals surface area contributed by atoms with E-state index in [1.54, 1.807) is 0 Å². The number of fused-ring (bicyclic) bond motifs is 1. The standard InChI is InChI=1S/C16H25NO/c1-12-9-14-10-13(5-6-15(14)18-12)7-8-16(2,3)11-17-4/h5-6,10,12,17H,7-9,11H2,1-4H3. The van der Waals surface area contributed by atoms with E-state index in [-0.39, 0.29) is 0 Å². The highest BCUT2D eigenvalue weighted by Gasteiger charge is 2.20. The van der Waals surface area contributed by atoms with Gasteiger partial charge in [-0.1, -0.05) is 26.0 Å². The van der Waals surface area contributed by atoms with Crippen molar-refractivity contribution in [3.8, 4) is 5.75 Å². The molecule has 100 valence electrons. The second-order valence-corrected chi connectivity index (χ2v) is 6.27. The number of aryl methyl sites for hydroxylation is 1. The van der Waals surface area contributed by atoms with Crippen molar-refractivity contribution < 1.29 is 4.74 Å². The third kappa shape index (κ3) is 3.26. The molecule has 1 aromatic rings. The van der Waals surface area contributed by atoms with Crippen LogP contribution in [0.3, 0.4) is 0 Å². The number of ether oxygens (including phenoxy) is 1. The Balaban J connectivity index is 1.97. The van der Waals surface area contributed by atoms with Crippen molar-refractivity contribution in [2.45, 2.75) is 46.1 Å². The minimum absolute atomic E-state index is 0.344. The van der Waals surface area contributed by atoms with Gasteiger partial charge in [-0.2, -0.15) is 0 Å². The molecule has 0 aromatic heterocycles. The van der Waals surface area contributed by atoms with Crippen molar-refractivity contribution in [3.05, 3.63) is 29.3 Å². The van der Waals surface area contributed by atoms with E-state index in [1.165, 1.54) is 17.5 Å². The maximum atomic E-state index is 5.74. The molecule has 1 heterocycles. The first-order valence-electron chi connectivity index (χ1n) is 6.93. The maximum Gasteiger partial charge on any atom is 0.123 e. The SMILES string of the molecule is CNCC(C)(C)CCc1ccc2c(c1)CC(C)O2. The zero-order valence-corrected chi connectivity index (χ0v) is 12.0. The summed E-state index contributed by atoms with van der Waals surface area (Å²) in [5.74, 6) is 1.08. The van der Waals surface area contributed by atoms with E-state index in [4.69, 9.17) is 4.74 Å². The average Bonchev–Trinajstić information content (AvgIpc) is 2.65. The molecule has 2 nitrogen and oxygen atoms in total. The molecule has 0 aliphatic carbocycles. The smallest absolute Gasteiger partial charge is 0.123 e. The Hall–Kier alpha value is -1.02. The summed E-state index contributed by atoms with van der Waals surface area (Å²) in [7, 11) is 2.02. The summed E-state index contributed by atoms with van der Waals surface area (Å²) >= 11 is 0. The largest absolute Gasteiger partial charge is 0.490 e. The summed E-state index contributed by atoms with van der Waals surface area (Å²) in [5, 5.41) is 3.27. The van der Waals surface area contributed by atoms with Gasteiger partial charge >= 0.3 is 0 Å². The molecule has 0 saturated carbocycles. The van der Waals surface area contributed by atoms with Crippen LogP contribution in [0.5, 0.6) is 5.75 Å². The molecule has 0 fully saturated rings. The Morgan fingerprint density at radius 3 is 2.89 bits per heavy atom. The Morgan fingerprint density at radius 1 is 1.39 bits per heavy atom. The van der Waals surface area contributed by atoms with Gasteiger partial charge in [-0.25, -0.2) is 0 Å². The maximum absolute atomic E-state index is 5.74. The summed E-state index contributed by atoms with van der Waals surface area (Å²) in [6, 6.07) is 6.68. The van der Waals surface area contributed by atoms with Crippen LogP contribution < -0.4 is 10.1 Å². The van der Waals surface area contributed by atoms with Crippen LogP contribution in [0.25, 0.3) is 0 Å². The molecule has 0 amide bonds. The second kappa shape index (κ2) is 5.31. The second-order valence-electron chi connectivity index (χ2n) is 6.27. The minimum Gasteiger partial charge on any atom is -0.490 e. The zero-order chi connectivity index (χ0) is 13.2. The highest BCUT2D eigenvalue weighted by atomic mass is 16.5. The number of hydrogen-bond donors (Lipinski definition) is 1. The van der Waals surface area contributed by atoms with E-state index in [2.05, 4.69) is 44.3 Å². The van der Waals surface area contributed by atoms with Gasteiger partial charge in [0.15, 0.2) is 0 Å². The third-order valence-corrected chi connectivity index (χ3v) is 3.71. The average molecular weight is 247 g/mol. The normalized spacial score (nSPS) is 18.6. The first-order valence-corrected chi connectivity index (χ1v) is 6.93. The zero-order valence-electron chi connectivity index (χ0n) is 12.0. The van der Waals surface area contributed by atoms with E-state index < -0.39 is 0 Å². The molecule has 1 aliphatic heterocycles.